The van der Waals surface area contributed by atoms with E-state index in [-0.39, 0.29) is 17.8 Å². The van der Waals surface area contributed by atoms with E-state index in [1.165, 1.54) is 0 Å². The average Bonchev–Trinajstić information content (AvgIpc) is 2.47. The molecule has 1 aromatic carbocycles. The summed E-state index contributed by atoms with van der Waals surface area (Å²) in [6.45, 7) is 3.79. The zero-order valence-corrected chi connectivity index (χ0v) is 12.0. The summed E-state index contributed by atoms with van der Waals surface area (Å²) in [5.41, 5.74) is 11.8. The zero-order valence-electron chi connectivity index (χ0n) is 12.0. The van der Waals surface area contributed by atoms with E-state index in [2.05, 4.69) is 4.99 Å². The van der Waals surface area contributed by atoms with Gasteiger partial charge >= 0.3 is 0 Å². The van der Waals surface area contributed by atoms with Crippen molar-refractivity contribution in [3.05, 3.63) is 29.8 Å². The molecule has 0 aliphatic carbocycles. The number of hydrogen-bond donors (Lipinski definition) is 2. The van der Waals surface area contributed by atoms with Gasteiger partial charge in [-0.05, 0) is 24.3 Å². The molecule has 0 bridgehead atoms. The van der Waals surface area contributed by atoms with E-state index in [0.29, 0.717) is 37.4 Å². The molecule has 0 radical (unpaired) electrons. The van der Waals surface area contributed by atoms with Crippen molar-refractivity contribution in [1.29, 1.82) is 0 Å². The Kier molecular flexibility index (Phi) is 4.42. The Hall–Kier alpha value is -2.57. The van der Waals surface area contributed by atoms with Crippen LogP contribution in [-0.2, 0) is 4.79 Å². The highest BCUT2D eigenvalue weighted by Gasteiger charge is 2.23. The first-order chi connectivity index (χ1) is 9.97. The first-order valence-corrected chi connectivity index (χ1v) is 6.72. The summed E-state index contributed by atoms with van der Waals surface area (Å²) in [6, 6.07) is 6.78. The van der Waals surface area contributed by atoms with E-state index in [9.17, 15) is 9.59 Å². The fourth-order valence-electron chi connectivity index (χ4n) is 2.23. The summed E-state index contributed by atoms with van der Waals surface area (Å²) >= 11 is 0. The number of nitrogens with zero attached hydrogens (tertiary/aromatic N) is 3. The van der Waals surface area contributed by atoms with Crippen molar-refractivity contribution in [2.24, 2.45) is 16.5 Å². The molecular weight excluding hydrogens is 270 g/mol. The lowest BCUT2D eigenvalue weighted by Crippen LogP contribution is -2.50. The van der Waals surface area contributed by atoms with Gasteiger partial charge < -0.3 is 21.3 Å². The topological polar surface area (TPSA) is 105 Å². The van der Waals surface area contributed by atoms with Crippen LogP contribution in [-0.4, -0.2) is 53.8 Å². The monoisotopic (exact) mass is 289 g/mol. The highest BCUT2D eigenvalue weighted by molar-refractivity contribution is 5.94. The van der Waals surface area contributed by atoms with Crippen LogP contribution in [0.1, 0.15) is 17.3 Å². The molecule has 1 fully saturated rings. The molecule has 0 atom stereocenters. The molecule has 2 rings (SSSR count). The molecule has 4 N–H and O–H groups in total. The van der Waals surface area contributed by atoms with Crippen molar-refractivity contribution in [3.63, 3.8) is 0 Å². The molecular formula is C14H19N5O2. The third-order valence-corrected chi connectivity index (χ3v) is 3.38. The van der Waals surface area contributed by atoms with Gasteiger partial charge in [0, 0.05) is 38.7 Å². The third-order valence-electron chi connectivity index (χ3n) is 3.38. The van der Waals surface area contributed by atoms with Gasteiger partial charge in [0.1, 0.15) is 0 Å². The van der Waals surface area contributed by atoms with Gasteiger partial charge in [0.25, 0.3) is 5.91 Å². The maximum Gasteiger partial charge on any atom is 0.253 e. The second-order valence-electron chi connectivity index (χ2n) is 4.88. The molecule has 7 heteroatoms. The first-order valence-electron chi connectivity index (χ1n) is 6.72. The van der Waals surface area contributed by atoms with Crippen LogP contribution in [0.5, 0.6) is 0 Å². The average molecular weight is 289 g/mol. The minimum absolute atomic E-state index is 0.0190. The quantitative estimate of drug-likeness (QED) is 0.585. The number of nitrogens with two attached hydrogens (primary N) is 2. The van der Waals surface area contributed by atoms with Crippen LogP contribution in [0.2, 0.25) is 0 Å². The van der Waals surface area contributed by atoms with Gasteiger partial charge in [0.2, 0.25) is 5.91 Å². The number of amides is 2. The molecule has 1 saturated heterocycles. The van der Waals surface area contributed by atoms with Crippen LogP contribution >= 0.6 is 0 Å². The van der Waals surface area contributed by atoms with Crippen molar-refractivity contribution in [3.8, 4) is 0 Å². The Morgan fingerprint density at radius 2 is 1.52 bits per heavy atom. The van der Waals surface area contributed by atoms with E-state index in [0.717, 1.165) is 0 Å². The fraction of sp³-hybridized carbons (Fsp3) is 0.357. The summed E-state index contributed by atoms with van der Waals surface area (Å²) in [4.78, 5) is 31.0. The maximum absolute atomic E-state index is 12.3. The van der Waals surface area contributed by atoms with E-state index < -0.39 is 0 Å². The number of carbonyl (C=O) groups is 2. The van der Waals surface area contributed by atoms with Crippen LogP contribution in [0.15, 0.2) is 29.3 Å². The smallest absolute Gasteiger partial charge is 0.253 e. The SMILES string of the molecule is CC(=O)N1CCN(C(=O)c2ccc(N=C(N)N)cc2)CC1. The van der Waals surface area contributed by atoms with Gasteiger partial charge in [-0.2, -0.15) is 0 Å². The minimum Gasteiger partial charge on any atom is -0.370 e. The second kappa shape index (κ2) is 6.25. The molecule has 0 spiro atoms. The number of rotatable bonds is 2. The van der Waals surface area contributed by atoms with E-state index in [1.807, 2.05) is 0 Å². The Labute approximate surface area is 123 Å². The largest absolute Gasteiger partial charge is 0.370 e. The van der Waals surface area contributed by atoms with Crippen LogP contribution in [0, 0.1) is 0 Å². The van der Waals surface area contributed by atoms with Crippen LogP contribution < -0.4 is 11.5 Å². The van der Waals surface area contributed by atoms with Crippen LogP contribution in [0.4, 0.5) is 5.69 Å². The summed E-state index contributed by atoms with van der Waals surface area (Å²) in [5.74, 6) is -0.0208. The number of guanidine groups is 1. The Balaban J connectivity index is 2.01. The predicted molar refractivity (Wildman–Crippen MR) is 80.1 cm³/mol. The Morgan fingerprint density at radius 3 is 2.00 bits per heavy atom. The van der Waals surface area contributed by atoms with Crippen LogP contribution in [0.3, 0.4) is 0 Å². The minimum atomic E-state index is -0.0468. The second-order valence-corrected chi connectivity index (χ2v) is 4.88. The molecule has 21 heavy (non-hydrogen) atoms. The summed E-state index contributed by atoms with van der Waals surface area (Å²) in [7, 11) is 0. The molecule has 1 aliphatic rings. The van der Waals surface area contributed by atoms with Gasteiger partial charge in [0.05, 0.1) is 5.69 Å². The molecule has 0 aromatic heterocycles. The van der Waals surface area contributed by atoms with Crippen molar-refractivity contribution in [2.45, 2.75) is 6.92 Å². The molecule has 1 aromatic rings. The van der Waals surface area contributed by atoms with Gasteiger partial charge in [-0.3, -0.25) is 9.59 Å². The first kappa shape index (κ1) is 14.8. The normalized spacial score (nSPS) is 14.7. The summed E-state index contributed by atoms with van der Waals surface area (Å²) in [5, 5.41) is 0. The van der Waals surface area contributed by atoms with Gasteiger partial charge in [-0.25, -0.2) is 4.99 Å². The van der Waals surface area contributed by atoms with Crippen molar-refractivity contribution >= 4 is 23.5 Å². The molecule has 1 aliphatic heterocycles. The summed E-state index contributed by atoms with van der Waals surface area (Å²) < 4.78 is 0. The zero-order chi connectivity index (χ0) is 15.4. The third kappa shape index (κ3) is 3.71. The molecule has 1 heterocycles. The molecule has 0 saturated carbocycles. The number of hydrogen-bond acceptors (Lipinski definition) is 3. The van der Waals surface area contributed by atoms with Gasteiger partial charge in [0.15, 0.2) is 5.96 Å². The van der Waals surface area contributed by atoms with Crippen molar-refractivity contribution in [2.75, 3.05) is 26.2 Å². The lowest BCUT2D eigenvalue weighted by molar-refractivity contribution is -0.130. The van der Waals surface area contributed by atoms with Crippen molar-refractivity contribution in [1.82, 2.24) is 9.80 Å². The fourth-order valence-corrected chi connectivity index (χ4v) is 2.23. The Morgan fingerprint density at radius 1 is 1.00 bits per heavy atom. The number of piperazine rings is 1. The Bertz CT molecular complexity index is 555. The lowest BCUT2D eigenvalue weighted by atomic mass is 10.1. The molecule has 2 amide bonds. The van der Waals surface area contributed by atoms with Crippen molar-refractivity contribution < 1.29 is 9.59 Å². The number of carbonyl (C=O) groups excluding carboxylic acids is 2. The number of aliphatic imine (C=N–C) groups is 1. The highest BCUT2D eigenvalue weighted by atomic mass is 16.2. The maximum atomic E-state index is 12.3. The van der Waals surface area contributed by atoms with Gasteiger partial charge in [-0.1, -0.05) is 0 Å². The molecule has 112 valence electrons. The van der Waals surface area contributed by atoms with Gasteiger partial charge in [-0.15, -0.1) is 0 Å². The standard InChI is InChI=1S/C14H19N5O2/c1-10(20)18-6-8-19(9-7-18)13(21)11-2-4-12(5-3-11)17-14(15)16/h2-5H,6-9H2,1H3,(H4,15,16,17). The van der Waals surface area contributed by atoms with E-state index in [4.69, 9.17) is 11.5 Å². The lowest BCUT2D eigenvalue weighted by Gasteiger charge is -2.34. The summed E-state index contributed by atoms with van der Waals surface area (Å²) in [6.07, 6.45) is 0. The van der Waals surface area contributed by atoms with E-state index in [1.54, 1.807) is 41.0 Å². The molecule has 7 nitrogen and oxygen atoms in total. The predicted octanol–water partition coefficient (Wildman–Crippen LogP) is -0.104. The number of benzene rings is 1. The van der Waals surface area contributed by atoms with Crippen LogP contribution in [0.25, 0.3) is 0 Å². The highest BCUT2D eigenvalue weighted by Crippen LogP contribution is 2.15. The van der Waals surface area contributed by atoms with E-state index >= 15 is 0 Å². The molecule has 0 unspecified atom stereocenters.